The predicted molar refractivity (Wildman–Crippen MR) is 26.3 cm³/mol. The van der Waals surface area contributed by atoms with Gasteiger partial charge in [-0.1, -0.05) is 0 Å². The Kier molecular flexibility index (Phi) is 1.07. The lowest BCUT2D eigenvalue weighted by atomic mass is 10.7. The fourth-order valence-corrected chi connectivity index (χ4v) is 0.393. The molecule has 0 aliphatic carbocycles. The van der Waals surface area contributed by atoms with Crippen molar-refractivity contribution in [2.75, 3.05) is 0 Å². The van der Waals surface area contributed by atoms with E-state index in [-0.39, 0.29) is 5.75 Å². The van der Waals surface area contributed by atoms with Crippen LogP contribution in [0.3, 0.4) is 0 Å². The second kappa shape index (κ2) is 1.73. The molecule has 0 fully saturated rings. The molecular weight excluding hydrogens is 126 g/mol. The largest absolute Gasteiger partial charge is 0.503 e. The van der Waals surface area contributed by atoms with Crippen LogP contribution >= 0.6 is 0 Å². The van der Waals surface area contributed by atoms with Crippen molar-refractivity contribution in [2.24, 2.45) is 0 Å². The SMILES string of the molecule is O=[N+]([O-])n1cc(O)cn1. The molecule has 48 valence electrons. The van der Waals surface area contributed by atoms with Crippen LogP contribution in [0, 0.1) is 10.1 Å². The summed E-state index contributed by atoms with van der Waals surface area (Å²) in [5.41, 5.74) is 0. The highest BCUT2D eigenvalue weighted by atomic mass is 16.7. The normalized spacial score (nSPS) is 9.33. The van der Waals surface area contributed by atoms with Crippen LogP contribution in [0.4, 0.5) is 0 Å². The molecule has 0 atom stereocenters. The lowest BCUT2D eigenvalue weighted by Crippen LogP contribution is -2.07. The molecule has 0 saturated carbocycles. The van der Waals surface area contributed by atoms with Gasteiger partial charge in [0.2, 0.25) is 6.20 Å². The fraction of sp³-hybridized carbons (Fsp3) is 0. The summed E-state index contributed by atoms with van der Waals surface area (Å²) < 4.78 is 0. The summed E-state index contributed by atoms with van der Waals surface area (Å²) >= 11 is 0. The smallest absolute Gasteiger partial charge is 0.209 e. The fourth-order valence-electron chi connectivity index (χ4n) is 0.393. The van der Waals surface area contributed by atoms with Gasteiger partial charge in [0.15, 0.2) is 5.75 Å². The van der Waals surface area contributed by atoms with Crippen molar-refractivity contribution in [3.05, 3.63) is 22.5 Å². The molecule has 9 heavy (non-hydrogen) atoms. The first kappa shape index (κ1) is 5.54. The number of hydrogen-bond donors (Lipinski definition) is 1. The molecule has 0 spiro atoms. The van der Waals surface area contributed by atoms with E-state index >= 15 is 0 Å². The van der Waals surface area contributed by atoms with Crippen molar-refractivity contribution in [3.63, 3.8) is 0 Å². The molecule has 0 aliphatic rings. The summed E-state index contributed by atoms with van der Waals surface area (Å²) in [5, 5.41) is 20.8. The molecule has 1 aromatic rings. The van der Waals surface area contributed by atoms with Gasteiger partial charge >= 0.3 is 0 Å². The zero-order chi connectivity index (χ0) is 6.85. The molecule has 0 radical (unpaired) electrons. The van der Waals surface area contributed by atoms with E-state index in [9.17, 15) is 10.1 Å². The predicted octanol–water partition coefficient (Wildman–Crippen LogP) is -0.372. The Morgan fingerprint density at radius 1 is 1.89 bits per heavy atom. The summed E-state index contributed by atoms with van der Waals surface area (Å²) in [6.45, 7) is 0. The summed E-state index contributed by atoms with van der Waals surface area (Å²) in [4.78, 5) is 10.2. The molecule has 6 nitrogen and oxygen atoms in total. The molecule has 0 saturated heterocycles. The number of hydrogen-bond acceptors (Lipinski definition) is 4. The highest BCUT2D eigenvalue weighted by Crippen LogP contribution is 2.02. The maximum Gasteiger partial charge on any atom is 0.209 e. The van der Waals surface area contributed by atoms with Crippen molar-refractivity contribution in [1.29, 1.82) is 0 Å². The van der Waals surface area contributed by atoms with Crippen LogP contribution in [-0.2, 0) is 0 Å². The van der Waals surface area contributed by atoms with Gasteiger partial charge < -0.3 is 15.2 Å². The van der Waals surface area contributed by atoms with Crippen LogP contribution < -0.4 is 0 Å². The van der Waals surface area contributed by atoms with E-state index in [0.29, 0.717) is 4.79 Å². The quantitative estimate of drug-likeness (QED) is 0.414. The van der Waals surface area contributed by atoms with E-state index in [0.717, 1.165) is 12.4 Å². The summed E-state index contributed by atoms with van der Waals surface area (Å²) in [6, 6.07) is 0. The maximum absolute atomic E-state index is 9.81. The molecule has 0 unspecified atom stereocenters. The van der Waals surface area contributed by atoms with Crippen LogP contribution in [-0.4, -0.2) is 20.0 Å². The number of nitrogens with zero attached hydrogens (tertiary/aromatic N) is 3. The Labute approximate surface area is 49.5 Å². The van der Waals surface area contributed by atoms with Crippen molar-refractivity contribution in [1.82, 2.24) is 9.89 Å². The zero-order valence-corrected chi connectivity index (χ0v) is 4.26. The molecule has 1 aromatic heterocycles. The van der Waals surface area contributed by atoms with Gasteiger partial charge in [-0.05, 0) is 0 Å². The first-order valence-corrected chi connectivity index (χ1v) is 2.08. The van der Waals surface area contributed by atoms with Crippen molar-refractivity contribution in [3.8, 4) is 5.75 Å². The second-order valence-electron chi connectivity index (χ2n) is 1.36. The third-order valence-electron chi connectivity index (χ3n) is 0.723. The zero-order valence-electron chi connectivity index (χ0n) is 4.26. The van der Waals surface area contributed by atoms with Gasteiger partial charge in [-0.15, -0.1) is 0 Å². The van der Waals surface area contributed by atoms with Gasteiger partial charge in [0.05, 0.1) is 5.03 Å². The Morgan fingerprint density at radius 3 is 2.78 bits per heavy atom. The van der Waals surface area contributed by atoms with Crippen LogP contribution in [0.25, 0.3) is 0 Å². The van der Waals surface area contributed by atoms with E-state index in [2.05, 4.69) is 5.10 Å². The molecule has 1 N–H and O–H groups in total. The Morgan fingerprint density at radius 2 is 2.56 bits per heavy atom. The monoisotopic (exact) mass is 129 g/mol. The minimum atomic E-state index is -0.750. The van der Waals surface area contributed by atoms with Crippen LogP contribution in [0.5, 0.6) is 5.75 Å². The van der Waals surface area contributed by atoms with E-state index in [1.807, 2.05) is 0 Å². The van der Waals surface area contributed by atoms with E-state index < -0.39 is 5.03 Å². The summed E-state index contributed by atoms with van der Waals surface area (Å²) in [7, 11) is 0. The highest BCUT2D eigenvalue weighted by molar-refractivity contribution is 5.07. The van der Waals surface area contributed by atoms with Crippen molar-refractivity contribution in [2.45, 2.75) is 0 Å². The molecule has 0 aromatic carbocycles. The molecule has 1 heterocycles. The molecule has 0 aliphatic heterocycles. The van der Waals surface area contributed by atoms with Crippen LogP contribution in [0.1, 0.15) is 0 Å². The van der Waals surface area contributed by atoms with E-state index in [1.54, 1.807) is 0 Å². The van der Waals surface area contributed by atoms with Gasteiger partial charge in [0.25, 0.3) is 0 Å². The lowest BCUT2D eigenvalue weighted by molar-refractivity contribution is -0.552. The Hall–Kier alpha value is -1.59. The number of aromatic hydroxyl groups is 1. The maximum atomic E-state index is 9.81. The van der Waals surface area contributed by atoms with E-state index in [1.165, 1.54) is 0 Å². The highest BCUT2D eigenvalue weighted by Gasteiger charge is 2.02. The number of rotatable bonds is 1. The molecule has 0 bridgehead atoms. The van der Waals surface area contributed by atoms with Crippen molar-refractivity contribution < 1.29 is 10.1 Å². The minimum Gasteiger partial charge on any atom is -0.503 e. The van der Waals surface area contributed by atoms with Gasteiger partial charge in [-0.25, -0.2) is 0 Å². The second-order valence-corrected chi connectivity index (χ2v) is 1.36. The van der Waals surface area contributed by atoms with Crippen LogP contribution in [0.15, 0.2) is 12.4 Å². The third kappa shape index (κ3) is 0.958. The number of aromatic nitrogens is 2. The molecule has 0 amide bonds. The van der Waals surface area contributed by atoms with Gasteiger partial charge in [-0.2, -0.15) is 0 Å². The first-order valence-electron chi connectivity index (χ1n) is 2.08. The summed E-state index contributed by atoms with van der Waals surface area (Å²) in [5.74, 6) is -0.216. The van der Waals surface area contributed by atoms with Crippen LogP contribution in [0.2, 0.25) is 0 Å². The topological polar surface area (TPSA) is 81.2 Å². The van der Waals surface area contributed by atoms with Crippen molar-refractivity contribution >= 4 is 0 Å². The minimum absolute atomic E-state index is 0.216. The molecule has 6 heteroatoms. The average Bonchev–Trinajstić information content (AvgIpc) is 2.14. The average molecular weight is 129 g/mol. The van der Waals surface area contributed by atoms with Gasteiger partial charge in [0, 0.05) is 9.89 Å². The van der Waals surface area contributed by atoms with Gasteiger partial charge in [-0.3, -0.25) is 0 Å². The number of nitro groups is 1. The third-order valence-corrected chi connectivity index (χ3v) is 0.723. The molecular formula is C3H3N3O3. The molecule has 1 rings (SSSR count). The Bertz CT molecular complexity index is 230. The standard InChI is InChI=1S/C3H3N3O3/c7-3-1-4-5(2-3)6(8)9/h1-2,7H. The first-order chi connectivity index (χ1) is 4.20. The van der Waals surface area contributed by atoms with E-state index in [4.69, 9.17) is 5.11 Å². The summed E-state index contributed by atoms with van der Waals surface area (Å²) in [6.07, 6.45) is 1.89. The Balaban J connectivity index is 2.98. The van der Waals surface area contributed by atoms with Gasteiger partial charge in [0.1, 0.15) is 6.20 Å². The lowest BCUT2D eigenvalue weighted by Gasteiger charge is -1.85.